The van der Waals surface area contributed by atoms with Crippen LogP contribution in [0, 0.1) is 0 Å². The van der Waals surface area contributed by atoms with Crippen molar-refractivity contribution >= 4 is 11.6 Å². The average molecular weight is 408 g/mol. The van der Waals surface area contributed by atoms with E-state index >= 15 is 0 Å². The number of methoxy groups -OCH3 is 1. The van der Waals surface area contributed by atoms with Crippen LogP contribution in [0.4, 0.5) is 5.69 Å². The molecule has 2 aliphatic heterocycles. The molecule has 0 aliphatic carbocycles. The second-order valence-electron chi connectivity index (χ2n) is 8.74. The Morgan fingerprint density at radius 2 is 1.90 bits per heavy atom. The highest BCUT2D eigenvalue weighted by Gasteiger charge is 2.35. The zero-order valence-electron chi connectivity index (χ0n) is 18.3. The van der Waals surface area contributed by atoms with Gasteiger partial charge in [-0.3, -0.25) is 4.79 Å². The molecule has 0 aromatic heterocycles. The fraction of sp³-hybridized carbons (Fsp3) is 0.480. The van der Waals surface area contributed by atoms with Crippen LogP contribution in [-0.4, -0.2) is 49.1 Å². The minimum atomic E-state index is -0.170. The Hall–Kier alpha value is -2.53. The van der Waals surface area contributed by atoms with Crippen LogP contribution in [0.5, 0.6) is 5.75 Å². The number of fused-ring (bicyclic) bond motifs is 1. The molecule has 1 amide bonds. The first-order chi connectivity index (χ1) is 14.5. The Bertz CT molecular complexity index is 874. The quantitative estimate of drug-likeness (QED) is 0.795. The van der Waals surface area contributed by atoms with Crippen molar-refractivity contribution in [2.45, 2.75) is 57.8 Å². The molecule has 1 N–H and O–H groups in total. The standard InChI is InChI=1S/C25H33N3O2/c1-18(2)27-13-11-21(12-14-27)26-25(29)24-16-20-8-4-5-10-23(20)28(24)17-19-7-6-9-22(15-19)30-3/h4-10,15,18,21,24H,11-14,16-17H2,1-3H3,(H,26,29). The summed E-state index contributed by atoms with van der Waals surface area (Å²) >= 11 is 0. The van der Waals surface area contributed by atoms with Crippen LogP contribution in [0.15, 0.2) is 48.5 Å². The fourth-order valence-corrected chi connectivity index (χ4v) is 4.70. The number of nitrogens with zero attached hydrogens (tertiary/aromatic N) is 2. The highest BCUT2D eigenvalue weighted by atomic mass is 16.5. The van der Waals surface area contributed by atoms with E-state index in [9.17, 15) is 4.79 Å². The summed E-state index contributed by atoms with van der Waals surface area (Å²) in [6, 6.07) is 17.2. The van der Waals surface area contributed by atoms with Gasteiger partial charge in [0.1, 0.15) is 11.8 Å². The Morgan fingerprint density at radius 1 is 1.13 bits per heavy atom. The summed E-state index contributed by atoms with van der Waals surface area (Å²) in [5.74, 6) is 0.995. The number of ether oxygens (including phenoxy) is 1. The molecular formula is C25H33N3O2. The predicted octanol–water partition coefficient (Wildman–Crippen LogP) is 3.62. The van der Waals surface area contributed by atoms with Crippen molar-refractivity contribution in [1.29, 1.82) is 0 Å². The summed E-state index contributed by atoms with van der Waals surface area (Å²) in [4.78, 5) is 18.1. The Balaban J connectivity index is 1.48. The number of piperidine rings is 1. The highest BCUT2D eigenvalue weighted by molar-refractivity contribution is 5.88. The monoisotopic (exact) mass is 407 g/mol. The third kappa shape index (κ3) is 4.46. The summed E-state index contributed by atoms with van der Waals surface area (Å²) < 4.78 is 5.39. The molecule has 1 unspecified atom stereocenters. The van der Waals surface area contributed by atoms with Crippen molar-refractivity contribution in [3.8, 4) is 5.75 Å². The lowest BCUT2D eigenvalue weighted by molar-refractivity contribution is -0.123. The van der Waals surface area contributed by atoms with E-state index in [0.29, 0.717) is 12.6 Å². The number of carbonyl (C=O) groups is 1. The molecule has 1 saturated heterocycles. The minimum Gasteiger partial charge on any atom is -0.497 e. The van der Waals surface area contributed by atoms with E-state index in [1.54, 1.807) is 7.11 Å². The molecule has 5 nitrogen and oxygen atoms in total. The number of rotatable bonds is 6. The number of para-hydroxylation sites is 1. The molecule has 0 saturated carbocycles. The zero-order chi connectivity index (χ0) is 21.1. The van der Waals surface area contributed by atoms with Crippen LogP contribution in [0.1, 0.15) is 37.8 Å². The molecule has 1 fully saturated rings. The number of likely N-dealkylation sites (tertiary alicyclic amines) is 1. The van der Waals surface area contributed by atoms with Gasteiger partial charge in [0.2, 0.25) is 5.91 Å². The Kier molecular flexibility index (Phi) is 6.28. The SMILES string of the molecule is COc1cccc(CN2c3ccccc3CC2C(=O)NC2CCN(C(C)C)CC2)c1. The van der Waals surface area contributed by atoms with Gasteiger partial charge >= 0.3 is 0 Å². The van der Waals surface area contributed by atoms with Crippen LogP contribution < -0.4 is 15.0 Å². The van der Waals surface area contributed by atoms with Crippen LogP contribution >= 0.6 is 0 Å². The van der Waals surface area contributed by atoms with Gasteiger partial charge in [-0.2, -0.15) is 0 Å². The number of anilines is 1. The van der Waals surface area contributed by atoms with Gasteiger partial charge in [-0.1, -0.05) is 30.3 Å². The second kappa shape index (κ2) is 9.09. The van der Waals surface area contributed by atoms with Gasteiger partial charge < -0.3 is 19.9 Å². The van der Waals surface area contributed by atoms with Crippen LogP contribution in [0.3, 0.4) is 0 Å². The summed E-state index contributed by atoms with van der Waals surface area (Å²) in [5, 5.41) is 3.36. The maximum Gasteiger partial charge on any atom is 0.243 e. The molecule has 0 spiro atoms. The lowest BCUT2D eigenvalue weighted by Crippen LogP contribution is -2.52. The molecule has 5 heteroatoms. The van der Waals surface area contributed by atoms with E-state index in [1.807, 2.05) is 12.1 Å². The van der Waals surface area contributed by atoms with Crippen molar-refractivity contribution < 1.29 is 9.53 Å². The molecule has 30 heavy (non-hydrogen) atoms. The maximum absolute atomic E-state index is 13.3. The molecule has 0 bridgehead atoms. The van der Waals surface area contributed by atoms with Crippen LogP contribution in [-0.2, 0) is 17.8 Å². The largest absolute Gasteiger partial charge is 0.497 e. The number of hydrogen-bond acceptors (Lipinski definition) is 4. The summed E-state index contributed by atoms with van der Waals surface area (Å²) in [6.45, 7) is 7.29. The summed E-state index contributed by atoms with van der Waals surface area (Å²) in [7, 11) is 1.69. The minimum absolute atomic E-state index is 0.150. The van der Waals surface area contributed by atoms with Gasteiger partial charge in [0.05, 0.1) is 7.11 Å². The van der Waals surface area contributed by atoms with E-state index in [0.717, 1.165) is 49.4 Å². The van der Waals surface area contributed by atoms with Crippen molar-refractivity contribution in [3.05, 3.63) is 59.7 Å². The van der Waals surface area contributed by atoms with Gasteiger partial charge in [0.25, 0.3) is 0 Å². The molecule has 1 atom stereocenters. The van der Waals surface area contributed by atoms with Gasteiger partial charge in [-0.05, 0) is 56.0 Å². The zero-order valence-corrected chi connectivity index (χ0v) is 18.3. The molecule has 2 aliphatic rings. The first kappa shape index (κ1) is 20.7. The van der Waals surface area contributed by atoms with E-state index in [4.69, 9.17) is 4.74 Å². The first-order valence-corrected chi connectivity index (χ1v) is 11.1. The number of nitrogens with one attached hydrogen (secondary N) is 1. The number of hydrogen-bond donors (Lipinski definition) is 1. The normalized spacial score (nSPS) is 19.7. The van der Waals surface area contributed by atoms with Crippen molar-refractivity contribution in [2.75, 3.05) is 25.1 Å². The summed E-state index contributed by atoms with van der Waals surface area (Å²) in [5.41, 5.74) is 3.55. The lowest BCUT2D eigenvalue weighted by atomic mass is 10.0. The lowest BCUT2D eigenvalue weighted by Gasteiger charge is -2.36. The topological polar surface area (TPSA) is 44.8 Å². The van der Waals surface area contributed by atoms with E-state index in [2.05, 4.69) is 65.4 Å². The first-order valence-electron chi connectivity index (χ1n) is 11.1. The fourth-order valence-electron chi connectivity index (χ4n) is 4.70. The van der Waals surface area contributed by atoms with Crippen molar-refractivity contribution in [3.63, 3.8) is 0 Å². The maximum atomic E-state index is 13.3. The summed E-state index contributed by atoms with van der Waals surface area (Å²) in [6.07, 6.45) is 2.82. The third-order valence-electron chi connectivity index (χ3n) is 6.49. The predicted molar refractivity (Wildman–Crippen MR) is 121 cm³/mol. The number of amides is 1. The molecule has 2 aromatic rings. The van der Waals surface area contributed by atoms with Crippen LogP contribution in [0.25, 0.3) is 0 Å². The van der Waals surface area contributed by atoms with E-state index < -0.39 is 0 Å². The van der Waals surface area contributed by atoms with E-state index in [1.165, 1.54) is 5.56 Å². The Labute approximate surface area is 180 Å². The van der Waals surface area contributed by atoms with Gasteiger partial charge in [0.15, 0.2) is 0 Å². The number of carbonyl (C=O) groups excluding carboxylic acids is 1. The van der Waals surface area contributed by atoms with Crippen LogP contribution in [0.2, 0.25) is 0 Å². The molecule has 2 heterocycles. The van der Waals surface area contributed by atoms with Gasteiger partial charge in [0, 0.05) is 43.8 Å². The van der Waals surface area contributed by atoms with Gasteiger partial charge in [-0.15, -0.1) is 0 Å². The highest BCUT2D eigenvalue weighted by Crippen LogP contribution is 2.34. The molecule has 160 valence electrons. The van der Waals surface area contributed by atoms with Crippen molar-refractivity contribution in [1.82, 2.24) is 10.2 Å². The van der Waals surface area contributed by atoms with Crippen molar-refractivity contribution in [2.24, 2.45) is 0 Å². The number of benzene rings is 2. The molecular weight excluding hydrogens is 374 g/mol. The second-order valence-corrected chi connectivity index (χ2v) is 8.74. The molecule has 2 aromatic carbocycles. The van der Waals surface area contributed by atoms with E-state index in [-0.39, 0.29) is 18.0 Å². The average Bonchev–Trinajstić information content (AvgIpc) is 3.13. The smallest absolute Gasteiger partial charge is 0.243 e. The van der Waals surface area contributed by atoms with Gasteiger partial charge in [-0.25, -0.2) is 0 Å². The Morgan fingerprint density at radius 3 is 2.63 bits per heavy atom. The molecule has 0 radical (unpaired) electrons. The molecule has 4 rings (SSSR count). The third-order valence-corrected chi connectivity index (χ3v) is 6.49.